The van der Waals surface area contributed by atoms with Gasteiger partial charge < -0.3 is 0 Å². The first-order valence-corrected chi connectivity index (χ1v) is 5.90. The van der Waals surface area contributed by atoms with Gasteiger partial charge in [0.2, 0.25) is 0 Å². The normalized spacial score (nSPS) is 10.9. The van der Waals surface area contributed by atoms with Crippen molar-refractivity contribution in [2.24, 2.45) is 5.92 Å². The number of hydrogen-bond acceptors (Lipinski definition) is 0. The summed E-state index contributed by atoms with van der Waals surface area (Å²) in [4.78, 5) is 0. The SMILES string of the molecule is CCC(CC)Cc1ccc(Br)c(F)c1. The minimum absolute atomic E-state index is 0.159. The Balaban J connectivity index is 2.72. The average molecular weight is 259 g/mol. The fourth-order valence-electron chi connectivity index (χ4n) is 1.58. The van der Waals surface area contributed by atoms with E-state index in [0.29, 0.717) is 10.4 Å². The Bertz CT molecular complexity index is 292. The predicted molar refractivity (Wildman–Crippen MR) is 61.9 cm³/mol. The van der Waals surface area contributed by atoms with Gasteiger partial charge in [0.05, 0.1) is 4.47 Å². The van der Waals surface area contributed by atoms with Crippen molar-refractivity contribution in [3.63, 3.8) is 0 Å². The first-order valence-electron chi connectivity index (χ1n) is 5.11. The standard InChI is InChI=1S/C12H16BrF/c1-3-9(4-2)7-10-5-6-11(13)12(14)8-10/h5-6,8-9H,3-4,7H2,1-2H3. The fourth-order valence-corrected chi connectivity index (χ4v) is 1.82. The van der Waals surface area contributed by atoms with Crippen LogP contribution >= 0.6 is 15.9 Å². The summed E-state index contributed by atoms with van der Waals surface area (Å²) in [6.45, 7) is 4.37. The van der Waals surface area contributed by atoms with Crippen LogP contribution in [0.2, 0.25) is 0 Å². The Morgan fingerprint density at radius 1 is 1.29 bits per heavy atom. The number of rotatable bonds is 4. The van der Waals surface area contributed by atoms with Gasteiger partial charge in [-0.25, -0.2) is 4.39 Å². The molecule has 14 heavy (non-hydrogen) atoms. The molecule has 0 bridgehead atoms. The Kier molecular flexibility index (Phi) is 4.59. The van der Waals surface area contributed by atoms with Gasteiger partial charge in [0, 0.05) is 0 Å². The van der Waals surface area contributed by atoms with Crippen LogP contribution in [0.3, 0.4) is 0 Å². The van der Waals surface area contributed by atoms with Crippen LogP contribution in [0.4, 0.5) is 4.39 Å². The molecule has 1 aromatic rings. The van der Waals surface area contributed by atoms with Crippen molar-refractivity contribution in [3.8, 4) is 0 Å². The third-order valence-corrected chi connectivity index (χ3v) is 3.31. The van der Waals surface area contributed by atoms with Crippen LogP contribution in [0.5, 0.6) is 0 Å². The van der Waals surface area contributed by atoms with Crippen LogP contribution < -0.4 is 0 Å². The highest BCUT2D eigenvalue weighted by Crippen LogP contribution is 2.20. The zero-order valence-electron chi connectivity index (χ0n) is 8.69. The van der Waals surface area contributed by atoms with Crippen LogP contribution in [0.15, 0.2) is 22.7 Å². The zero-order chi connectivity index (χ0) is 10.6. The molecule has 0 atom stereocenters. The highest BCUT2D eigenvalue weighted by atomic mass is 79.9. The van der Waals surface area contributed by atoms with E-state index >= 15 is 0 Å². The van der Waals surface area contributed by atoms with Crippen molar-refractivity contribution < 1.29 is 4.39 Å². The maximum absolute atomic E-state index is 13.2. The van der Waals surface area contributed by atoms with E-state index in [-0.39, 0.29) is 5.82 Å². The lowest BCUT2D eigenvalue weighted by atomic mass is 9.95. The van der Waals surface area contributed by atoms with E-state index in [1.54, 1.807) is 12.1 Å². The molecular weight excluding hydrogens is 243 g/mol. The Morgan fingerprint density at radius 2 is 1.93 bits per heavy atom. The quantitative estimate of drug-likeness (QED) is 0.743. The van der Waals surface area contributed by atoms with Gasteiger partial charge in [-0.1, -0.05) is 32.8 Å². The molecule has 1 rings (SSSR count). The van der Waals surface area contributed by atoms with Crippen molar-refractivity contribution in [3.05, 3.63) is 34.1 Å². The van der Waals surface area contributed by atoms with Gasteiger partial charge in [-0.2, -0.15) is 0 Å². The van der Waals surface area contributed by atoms with Gasteiger partial charge in [-0.3, -0.25) is 0 Å². The van der Waals surface area contributed by atoms with Gasteiger partial charge in [0.1, 0.15) is 5.82 Å². The maximum Gasteiger partial charge on any atom is 0.137 e. The highest BCUT2D eigenvalue weighted by Gasteiger charge is 2.06. The molecule has 0 saturated heterocycles. The number of benzene rings is 1. The van der Waals surface area contributed by atoms with Crippen molar-refractivity contribution in [2.75, 3.05) is 0 Å². The minimum Gasteiger partial charge on any atom is -0.206 e. The van der Waals surface area contributed by atoms with Crippen molar-refractivity contribution in [1.82, 2.24) is 0 Å². The molecule has 0 nitrogen and oxygen atoms in total. The van der Waals surface area contributed by atoms with Gasteiger partial charge in [-0.05, 0) is 46.0 Å². The predicted octanol–water partition coefficient (Wildman–Crippen LogP) is 4.57. The molecule has 0 aliphatic heterocycles. The summed E-state index contributed by atoms with van der Waals surface area (Å²) in [6.07, 6.45) is 3.31. The second-order valence-corrected chi connectivity index (χ2v) is 4.49. The van der Waals surface area contributed by atoms with Gasteiger partial charge in [0.15, 0.2) is 0 Å². The molecule has 78 valence electrons. The number of hydrogen-bond donors (Lipinski definition) is 0. The Morgan fingerprint density at radius 3 is 2.43 bits per heavy atom. The Labute approximate surface area is 93.7 Å². The first-order chi connectivity index (χ1) is 6.67. The third kappa shape index (κ3) is 3.09. The second kappa shape index (κ2) is 5.50. The minimum atomic E-state index is -0.159. The van der Waals surface area contributed by atoms with Crippen molar-refractivity contribution in [2.45, 2.75) is 33.1 Å². The molecule has 0 aliphatic rings. The van der Waals surface area contributed by atoms with Crippen molar-refractivity contribution in [1.29, 1.82) is 0 Å². The van der Waals surface area contributed by atoms with E-state index in [0.717, 1.165) is 24.8 Å². The van der Waals surface area contributed by atoms with Crippen LogP contribution in [-0.2, 0) is 6.42 Å². The molecule has 0 aromatic heterocycles. The molecular formula is C12H16BrF. The van der Waals surface area contributed by atoms with E-state index in [2.05, 4.69) is 29.8 Å². The zero-order valence-corrected chi connectivity index (χ0v) is 10.3. The summed E-state index contributed by atoms with van der Waals surface area (Å²) in [5, 5.41) is 0. The summed E-state index contributed by atoms with van der Waals surface area (Å²) < 4.78 is 13.7. The molecule has 0 spiro atoms. The highest BCUT2D eigenvalue weighted by molar-refractivity contribution is 9.10. The maximum atomic E-state index is 13.2. The molecule has 0 heterocycles. The van der Waals surface area contributed by atoms with Gasteiger partial charge in [-0.15, -0.1) is 0 Å². The Hall–Kier alpha value is -0.370. The van der Waals surface area contributed by atoms with Gasteiger partial charge in [0.25, 0.3) is 0 Å². The van der Waals surface area contributed by atoms with E-state index < -0.39 is 0 Å². The summed E-state index contributed by atoms with van der Waals surface area (Å²) in [5.41, 5.74) is 1.10. The third-order valence-electron chi connectivity index (χ3n) is 2.66. The smallest absolute Gasteiger partial charge is 0.137 e. The lowest BCUT2D eigenvalue weighted by Gasteiger charge is -2.12. The largest absolute Gasteiger partial charge is 0.206 e. The number of halogens is 2. The average Bonchev–Trinajstić information content (AvgIpc) is 2.19. The molecule has 0 radical (unpaired) electrons. The molecule has 0 saturated carbocycles. The van der Waals surface area contributed by atoms with E-state index in [4.69, 9.17) is 0 Å². The molecule has 0 amide bonds. The van der Waals surface area contributed by atoms with Crippen LogP contribution in [0.1, 0.15) is 32.3 Å². The van der Waals surface area contributed by atoms with Crippen LogP contribution in [0.25, 0.3) is 0 Å². The summed E-state index contributed by atoms with van der Waals surface area (Å²) in [5.74, 6) is 0.518. The topological polar surface area (TPSA) is 0 Å². The second-order valence-electron chi connectivity index (χ2n) is 3.64. The van der Waals surface area contributed by atoms with Crippen LogP contribution in [0, 0.1) is 11.7 Å². The lowest BCUT2D eigenvalue weighted by molar-refractivity contribution is 0.488. The summed E-state index contributed by atoms with van der Waals surface area (Å²) >= 11 is 3.15. The molecule has 0 aliphatic carbocycles. The molecule has 0 N–H and O–H groups in total. The van der Waals surface area contributed by atoms with Gasteiger partial charge >= 0.3 is 0 Å². The molecule has 0 unspecified atom stereocenters. The molecule has 2 heteroatoms. The monoisotopic (exact) mass is 258 g/mol. The lowest BCUT2D eigenvalue weighted by Crippen LogP contribution is -2.01. The van der Waals surface area contributed by atoms with Crippen molar-refractivity contribution >= 4 is 15.9 Å². The fraction of sp³-hybridized carbons (Fsp3) is 0.500. The molecule has 0 fully saturated rings. The van der Waals surface area contributed by atoms with Crippen LogP contribution in [-0.4, -0.2) is 0 Å². The van der Waals surface area contributed by atoms with E-state index in [9.17, 15) is 4.39 Å². The summed E-state index contributed by atoms with van der Waals surface area (Å²) in [6, 6.07) is 5.40. The first kappa shape index (κ1) is 11.7. The van der Waals surface area contributed by atoms with E-state index in [1.807, 2.05) is 6.07 Å². The summed E-state index contributed by atoms with van der Waals surface area (Å²) in [7, 11) is 0. The van der Waals surface area contributed by atoms with E-state index in [1.165, 1.54) is 0 Å². The molecule has 1 aromatic carbocycles.